The lowest BCUT2D eigenvalue weighted by molar-refractivity contribution is 0.117. The van der Waals surface area contributed by atoms with Crippen LogP contribution in [-0.4, -0.2) is 36.6 Å². The molecule has 2 heteroatoms. The van der Waals surface area contributed by atoms with Gasteiger partial charge in [-0.05, 0) is 64.5 Å². The van der Waals surface area contributed by atoms with Crippen molar-refractivity contribution in [2.24, 2.45) is 17.8 Å². The highest BCUT2D eigenvalue weighted by Crippen LogP contribution is 2.31. The maximum atomic E-state index is 3.60. The molecule has 0 heterocycles. The molecule has 18 heavy (non-hydrogen) atoms. The van der Waals surface area contributed by atoms with E-state index in [1.165, 1.54) is 19.4 Å². The highest BCUT2D eigenvalue weighted by Gasteiger charge is 2.29. The zero-order chi connectivity index (χ0) is 13.7. The molecule has 2 atom stereocenters. The average Bonchev–Trinajstić information content (AvgIpc) is 3.07. The van der Waals surface area contributed by atoms with E-state index in [4.69, 9.17) is 0 Å². The summed E-state index contributed by atoms with van der Waals surface area (Å²) in [5.74, 6) is 2.47. The Morgan fingerprint density at radius 1 is 1.00 bits per heavy atom. The minimum atomic E-state index is 0.674. The fourth-order valence-electron chi connectivity index (χ4n) is 2.54. The summed E-state index contributed by atoms with van der Waals surface area (Å²) in [5.41, 5.74) is 0. The molecule has 1 rings (SSSR count). The van der Waals surface area contributed by atoms with Crippen molar-refractivity contribution in [1.29, 1.82) is 0 Å². The molecular formula is C16H34N2. The molecule has 1 aliphatic rings. The SMILES string of the molecule is CC(C)CNCC(C)C(C)N(CC1CC1)C(C)C. The highest BCUT2D eigenvalue weighted by molar-refractivity contribution is 4.83. The fraction of sp³-hybridized carbons (Fsp3) is 1.00. The highest BCUT2D eigenvalue weighted by atomic mass is 15.2. The van der Waals surface area contributed by atoms with Crippen molar-refractivity contribution in [1.82, 2.24) is 10.2 Å². The molecular weight excluding hydrogens is 220 g/mol. The standard InChI is InChI=1S/C16H34N2/c1-12(2)9-17-10-14(5)15(6)18(13(3)4)11-16-7-8-16/h12-17H,7-11H2,1-6H3. The van der Waals surface area contributed by atoms with Crippen LogP contribution in [0.3, 0.4) is 0 Å². The first-order valence-corrected chi connectivity index (χ1v) is 7.88. The molecule has 1 fully saturated rings. The van der Waals surface area contributed by atoms with Gasteiger partial charge in [0.15, 0.2) is 0 Å². The van der Waals surface area contributed by atoms with Crippen molar-refractivity contribution in [2.45, 2.75) is 66.5 Å². The van der Waals surface area contributed by atoms with Gasteiger partial charge >= 0.3 is 0 Å². The van der Waals surface area contributed by atoms with Crippen LogP contribution in [0.2, 0.25) is 0 Å². The molecule has 108 valence electrons. The lowest BCUT2D eigenvalue weighted by atomic mass is 10.00. The molecule has 2 nitrogen and oxygen atoms in total. The summed E-state index contributed by atoms with van der Waals surface area (Å²) in [6.45, 7) is 17.6. The van der Waals surface area contributed by atoms with Crippen LogP contribution in [-0.2, 0) is 0 Å². The summed E-state index contributed by atoms with van der Waals surface area (Å²) in [6.07, 6.45) is 2.91. The Morgan fingerprint density at radius 2 is 1.61 bits per heavy atom. The largest absolute Gasteiger partial charge is 0.316 e. The summed E-state index contributed by atoms with van der Waals surface area (Å²) in [5, 5.41) is 3.60. The van der Waals surface area contributed by atoms with Gasteiger partial charge in [-0.3, -0.25) is 4.90 Å². The summed E-state index contributed by atoms with van der Waals surface area (Å²) in [6, 6.07) is 1.36. The molecule has 1 saturated carbocycles. The van der Waals surface area contributed by atoms with Gasteiger partial charge in [-0.15, -0.1) is 0 Å². The van der Waals surface area contributed by atoms with Crippen LogP contribution in [0, 0.1) is 17.8 Å². The van der Waals surface area contributed by atoms with E-state index in [9.17, 15) is 0 Å². The van der Waals surface area contributed by atoms with E-state index in [1.807, 2.05) is 0 Å². The summed E-state index contributed by atoms with van der Waals surface area (Å²) in [4.78, 5) is 2.71. The minimum absolute atomic E-state index is 0.674. The third-order valence-corrected chi connectivity index (χ3v) is 4.19. The normalized spacial score (nSPS) is 19.8. The smallest absolute Gasteiger partial charge is 0.0107 e. The van der Waals surface area contributed by atoms with E-state index in [2.05, 4.69) is 51.8 Å². The number of nitrogens with one attached hydrogen (secondary N) is 1. The first-order chi connectivity index (χ1) is 8.41. The average molecular weight is 254 g/mol. The Morgan fingerprint density at radius 3 is 2.06 bits per heavy atom. The Bertz CT molecular complexity index is 221. The molecule has 0 amide bonds. The summed E-state index contributed by atoms with van der Waals surface area (Å²) in [7, 11) is 0. The summed E-state index contributed by atoms with van der Waals surface area (Å²) >= 11 is 0. The lowest BCUT2D eigenvalue weighted by Gasteiger charge is -2.36. The zero-order valence-electron chi connectivity index (χ0n) is 13.4. The van der Waals surface area contributed by atoms with E-state index < -0.39 is 0 Å². The van der Waals surface area contributed by atoms with Crippen LogP contribution in [0.5, 0.6) is 0 Å². The second-order valence-electron chi connectivity index (χ2n) is 7.00. The predicted octanol–water partition coefficient (Wildman–Crippen LogP) is 3.38. The van der Waals surface area contributed by atoms with E-state index in [0.29, 0.717) is 12.1 Å². The van der Waals surface area contributed by atoms with Gasteiger partial charge in [-0.1, -0.05) is 20.8 Å². The molecule has 0 saturated heterocycles. The van der Waals surface area contributed by atoms with Crippen molar-refractivity contribution in [3.63, 3.8) is 0 Å². The van der Waals surface area contributed by atoms with Gasteiger partial charge in [0.1, 0.15) is 0 Å². The molecule has 1 N–H and O–H groups in total. The Hall–Kier alpha value is -0.0800. The minimum Gasteiger partial charge on any atom is -0.316 e. The monoisotopic (exact) mass is 254 g/mol. The van der Waals surface area contributed by atoms with Crippen molar-refractivity contribution < 1.29 is 0 Å². The Kier molecular flexibility index (Phi) is 6.65. The molecule has 0 spiro atoms. The van der Waals surface area contributed by atoms with Gasteiger partial charge in [0, 0.05) is 18.6 Å². The van der Waals surface area contributed by atoms with Crippen molar-refractivity contribution in [3.05, 3.63) is 0 Å². The Balaban J connectivity index is 2.34. The van der Waals surface area contributed by atoms with Gasteiger partial charge in [0.25, 0.3) is 0 Å². The first kappa shape index (κ1) is 16.0. The van der Waals surface area contributed by atoms with Gasteiger partial charge in [0.05, 0.1) is 0 Å². The van der Waals surface area contributed by atoms with Gasteiger partial charge in [0.2, 0.25) is 0 Å². The second kappa shape index (κ2) is 7.49. The fourth-order valence-corrected chi connectivity index (χ4v) is 2.54. The van der Waals surface area contributed by atoms with Crippen molar-refractivity contribution >= 4 is 0 Å². The van der Waals surface area contributed by atoms with Gasteiger partial charge in [-0.2, -0.15) is 0 Å². The molecule has 0 bridgehead atoms. The van der Waals surface area contributed by atoms with Crippen LogP contribution in [0.25, 0.3) is 0 Å². The van der Waals surface area contributed by atoms with Crippen LogP contribution in [0.4, 0.5) is 0 Å². The third-order valence-electron chi connectivity index (χ3n) is 4.19. The van der Waals surface area contributed by atoms with Crippen LogP contribution < -0.4 is 5.32 Å². The number of hydrogen-bond acceptors (Lipinski definition) is 2. The molecule has 0 radical (unpaired) electrons. The first-order valence-electron chi connectivity index (χ1n) is 7.88. The van der Waals surface area contributed by atoms with Gasteiger partial charge in [-0.25, -0.2) is 0 Å². The molecule has 1 aliphatic carbocycles. The molecule has 0 aromatic rings. The van der Waals surface area contributed by atoms with E-state index in [0.717, 1.165) is 30.8 Å². The quantitative estimate of drug-likeness (QED) is 0.678. The maximum absolute atomic E-state index is 3.60. The van der Waals surface area contributed by atoms with E-state index in [-0.39, 0.29) is 0 Å². The van der Waals surface area contributed by atoms with Gasteiger partial charge < -0.3 is 5.32 Å². The molecule has 0 aromatic carbocycles. The van der Waals surface area contributed by atoms with Crippen LogP contribution >= 0.6 is 0 Å². The number of hydrogen-bond donors (Lipinski definition) is 1. The van der Waals surface area contributed by atoms with Crippen molar-refractivity contribution in [2.75, 3.05) is 19.6 Å². The van der Waals surface area contributed by atoms with Crippen LogP contribution in [0.15, 0.2) is 0 Å². The van der Waals surface area contributed by atoms with Crippen LogP contribution in [0.1, 0.15) is 54.4 Å². The molecule has 2 unspecified atom stereocenters. The predicted molar refractivity (Wildman–Crippen MR) is 80.9 cm³/mol. The number of rotatable bonds is 9. The molecule has 0 aromatic heterocycles. The number of nitrogens with zero attached hydrogens (tertiary/aromatic N) is 1. The second-order valence-corrected chi connectivity index (χ2v) is 7.00. The Labute approximate surface area is 115 Å². The lowest BCUT2D eigenvalue weighted by Crippen LogP contribution is -2.46. The third kappa shape index (κ3) is 5.71. The van der Waals surface area contributed by atoms with E-state index in [1.54, 1.807) is 0 Å². The topological polar surface area (TPSA) is 15.3 Å². The van der Waals surface area contributed by atoms with Crippen molar-refractivity contribution in [3.8, 4) is 0 Å². The zero-order valence-corrected chi connectivity index (χ0v) is 13.4. The molecule has 0 aliphatic heterocycles. The maximum Gasteiger partial charge on any atom is 0.0107 e. The summed E-state index contributed by atoms with van der Waals surface area (Å²) < 4.78 is 0. The van der Waals surface area contributed by atoms with E-state index >= 15 is 0 Å².